The molecule has 0 saturated heterocycles. The van der Waals surface area contributed by atoms with Crippen molar-refractivity contribution in [1.29, 1.82) is 5.26 Å². The number of hydrogen-bond acceptors (Lipinski definition) is 4. The van der Waals surface area contributed by atoms with E-state index in [-0.39, 0.29) is 35.6 Å². The number of nitriles is 1. The van der Waals surface area contributed by atoms with E-state index in [0.29, 0.717) is 15.6 Å². The fourth-order valence-electron chi connectivity index (χ4n) is 1.97. The molecule has 0 aliphatic carbocycles. The number of ether oxygens (including phenoxy) is 2. The van der Waals surface area contributed by atoms with E-state index in [1.807, 2.05) is 6.07 Å². The second-order valence-corrected chi connectivity index (χ2v) is 6.15. The van der Waals surface area contributed by atoms with Crippen LogP contribution in [0.5, 0.6) is 11.5 Å². The molecule has 5 nitrogen and oxygen atoms in total. The van der Waals surface area contributed by atoms with Crippen LogP contribution in [0.25, 0.3) is 0 Å². The predicted octanol–water partition coefficient (Wildman–Crippen LogP) is 4.22. The van der Waals surface area contributed by atoms with E-state index in [4.69, 9.17) is 49.5 Å². The Morgan fingerprint density at radius 1 is 1.20 bits per heavy atom. The van der Waals surface area contributed by atoms with Gasteiger partial charge in [-0.05, 0) is 23.8 Å². The molecule has 0 bridgehead atoms. The lowest BCUT2D eigenvalue weighted by molar-refractivity contribution is -0.123. The molecular formula is C17H13Cl3N2O3. The molecule has 2 aromatic carbocycles. The molecule has 2 aromatic rings. The summed E-state index contributed by atoms with van der Waals surface area (Å²) in [5.74, 6) is 0.105. The van der Waals surface area contributed by atoms with Crippen molar-refractivity contribution in [2.24, 2.45) is 0 Å². The Bertz CT molecular complexity index is 835. The van der Waals surface area contributed by atoms with E-state index in [2.05, 4.69) is 5.32 Å². The van der Waals surface area contributed by atoms with Crippen molar-refractivity contribution in [3.8, 4) is 17.6 Å². The molecule has 25 heavy (non-hydrogen) atoms. The van der Waals surface area contributed by atoms with Gasteiger partial charge in [0.15, 0.2) is 18.1 Å². The smallest absolute Gasteiger partial charge is 0.258 e. The van der Waals surface area contributed by atoms with Gasteiger partial charge in [-0.1, -0.05) is 40.9 Å². The molecule has 1 amide bonds. The monoisotopic (exact) mass is 398 g/mol. The number of carbonyl (C=O) groups is 1. The SMILES string of the molecule is COc1cc(C#N)cc(Cl)c1OCC(=O)NCc1ccc(Cl)cc1Cl. The minimum Gasteiger partial charge on any atom is -0.493 e. The Morgan fingerprint density at radius 3 is 2.60 bits per heavy atom. The number of methoxy groups -OCH3 is 1. The molecule has 0 atom stereocenters. The number of benzene rings is 2. The normalized spacial score (nSPS) is 10.0. The minimum atomic E-state index is -0.367. The van der Waals surface area contributed by atoms with Crippen molar-refractivity contribution in [1.82, 2.24) is 5.32 Å². The molecule has 8 heteroatoms. The quantitative estimate of drug-likeness (QED) is 0.789. The average molecular weight is 400 g/mol. The first kappa shape index (κ1) is 19.2. The van der Waals surface area contributed by atoms with E-state index in [1.165, 1.54) is 19.2 Å². The minimum absolute atomic E-state index is 0.185. The summed E-state index contributed by atoms with van der Waals surface area (Å²) in [6, 6.07) is 9.89. The zero-order valence-electron chi connectivity index (χ0n) is 13.1. The van der Waals surface area contributed by atoms with Crippen molar-refractivity contribution in [2.45, 2.75) is 6.54 Å². The van der Waals surface area contributed by atoms with Gasteiger partial charge in [-0.15, -0.1) is 0 Å². The first-order valence-corrected chi connectivity index (χ1v) is 8.19. The van der Waals surface area contributed by atoms with Crippen LogP contribution in [0.15, 0.2) is 30.3 Å². The highest BCUT2D eigenvalue weighted by atomic mass is 35.5. The summed E-state index contributed by atoms with van der Waals surface area (Å²) in [7, 11) is 1.42. The predicted molar refractivity (Wildman–Crippen MR) is 96.5 cm³/mol. The van der Waals surface area contributed by atoms with Gasteiger partial charge in [0.05, 0.1) is 23.8 Å². The van der Waals surface area contributed by atoms with Crippen LogP contribution in [0.4, 0.5) is 0 Å². The zero-order valence-corrected chi connectivity index (χ0v) is 15.4. The Morgan fingerprint density at radius 2 is 1.96 bits per heavy atom. The van der Waals surface area contributed by atoms with Gasteiger partial charge in [0.1, 0.15) is 0 Å². The largest absolute Gasteiger partial charge is 0.493 e. The molecule has 0 fully saturated rings. The Labute approximate surface area is 160 Å². The number of nitrogens with zero attached hydrogens (tertiary/aromatic N) is 1. The maximum atomic E-state index is 12.0. The van der Waals surface area contributed by atoms with Crippen LogP contribution in [0.3, 0.4) is 0 Å². The van der Waals surface area contributed by atoms with Crippen molar-refractivity contribution in [2.75, 3.05) is 13.7 Å². The van der Waals surface area contributed by atoms with Crippen LogP contribution < -0.4 is 14.8 Å². The number of carbonyl (C=O) groups excluding carboxylic acids is 1. The maximum Gasteiger partial charge on any atom is 0.258 e. The molecule has 0 heterocycles. The molecule has 0 aromatic heterocycles. The van der Waals surface area contributed by atoms with Gasteiger partial charge < -0.3 is 14.8 Å². The number of halogens is 3. The Hall–Kier alpha value is -2.13. The summed E-state index contributed by atoms with van der Waals surface area (Å²) in [6.45, 7) is -0.0381. The highest BCUT2D eigenvalue weighted by Gasteiger charge is 2.14. The third kappa shape index (κ3) is 5.17. The topological polar surface area (TPSA) is 71.3 Å². The highest BCUT2D eigenvalue weighted by molar-refractivity contribution is 6.35. The number of rotatable bonds is 6. The lowest BCUT2D eigenvalue weighted by Crippen LogP contribution is -2.28. The fraction of sp³-hybridized carbons (Fsp3) is 0.176. The second kappa shape index (κ2) is 8.82. The van der Waals surface area contributed by atoms with Gasteiger partial charge in [-0.25, -0.2) is 0 Å². The molecule has 1 N–H and O–H groups in total. The standard InChI is InChI=1S/C17H13Cl3N2O3/c1-24-15-5-10(7-21)4-14(20)17(15)25-9-16(23)22-8-11-2-3-12(18)6-13(11)19/h2-6H,8-9H2,1H3,(H,22,23). The molecule has 0 radical (unpaired) electrons. The maximum absolute atomic E-state index is 12.0. The third-order valence-corrected chi connectivity index (χ3v) is 4.06. The van der Waals surface area contributed by atoms with Gasteiger partial charge in [0.2, 0.25) is 0 Å². The van der Waals surface area contributed by atoms with Crippen molar-refractivity contribution < 1.29 is 14.3 Å². The lowest BCUT2D eigenvalue weighted by Gasteiger charge is -2.13. The summed E-state index contributed by atoms with van der Waals surface area (Å²) < 4.78 is 10.6. The number of amides is 1. The van der Waals surface area contributed by atoms with Crippen molar-refractivity contribution in [3.05, 3.63) is 56.5 Å². The molecule has 0 spiro atoms. The van der Waals surface area contributed by atoms with Crippen LogP contribution in [0.2, 0.25) is 15.1 Å². The molecular weight excluding hydrogens is 387 g/mol. The fourth-order valence-corrected chi connectivity index (χ4v) is 2.71. The van der Waals surface area contributed by atoms with Gasteiger partial charge in [0.25, 0.3) is 5.91 Å². The van der Waals surface area contributed by atoms with E-state index >= 15 is 0 Å². The van der Waals surface area contributed by atoms with Crippen LogP contribution in [0, 0.1) is 11.3 Å². The van der Waals surface area contributed by atoms with Crippen LogP contribution in [-0.4, -0.2) is 19.6 Å². The zero-order chi connectivity index (χ0) is 18.4. The molecule has 130 valence electrons. The molecule has 0 aliphatic heterocycles. The summed E-state index contributed by atoms with van der Waals surface area (Å²) in [4.78, 5) is 12.0. The Kier molecular flexibility index (Phi) is 6.77. The van der Waals surface area contributed by atoms with Crippen LogP contribution >= 0.6 is 34.8 Å². The van der Waals surface area contributed by atoms with Crippen LogP contribution in [0.1, 0.15) is 11.1 Å². The Balaban J connectivity index is 1.97. The molecule has 0 aliphatic rings. The van der Waals surface area contributed by atoms with E-state index < -0.39 is 0 Å². The van der Waals surface area contributed by atoms with Gasteiger partial charge in [-0.3, -0.25) is 4.79 Å². The van der Waals surface area contributed by atoms with E-state index in [0.717, 1.165) is 5.56 Å². The van der Waals surface area contributed by atoms with Crippen molar-refractivity contribution in [3.63, 3.8) is 0 Å². The van der Waals surface area contributed by atoms with Gasteiger partial charge in [-0.2, -0.15) is 5.26 Å². The summed E-state index contributed by atoms with van der Waals surface area (Å²) in [5.41, 5.74) is 1.06. The summed E-state index contributed by atoms with van der Waals surface area (Å²) in [6.07, 6.45) is 0. The van der Waals surface area contributed by atoms with E-state index in [1.54, 1.807) is 18.2 Å². The lowest BCUT2D eigenvalue weighted by atomic mass is 10.2. The van der Waals surface area contributed by atoms with Crippen molar-refractivity contribution >= 4 is 40.7 Å². The number of nitrogens with one attached hydrogen (secondary N) is 1. The van der Waals surface area contributed by atoms with Gasteiger partial charge in [0, 0.05) is 22.7 Å². The first-order valence-electron chi connectivity index (χ1n) is 7.05. The average Bonchev–Trinajstić information content (AvgIpc) is 2.59. The first-order chi connectivity index (χ1) is 11.9. The molecule has 2 rings (SSSR count). The molecule has 0 unspecified atom stereocenters. The summed E-state index contributed by atoms with van der Waals surface area (Å²) >= 11 is 17.9. The van der Waals surface area contributed by atoms with E-state index in [9.17, 15) is 4.79 Å². The van der Waals surface area contributed by atoms with Gasteiger partial charge >= 0.3 is 0 Å². The highest BCUT2D eigenvalue weighted by Crippen LogP contribution is 2.36. The second-order valence-electron chi connectivity index (χ2n) is 4.90. The van der Waals surface area contributed by atoms with Crippen LogP contribution in [-0.2, 0) is 11.3 Å². The summed E-state index contributed by atoms with van der Waals surface area (Å²) in [5, 5.41) is 12.8. The molecule has 0 saturated carbocycles. The third-order valence-electron chi connectivity index (χ3n) is 3.20. The number of hydrogen-bond donors (Lipinski definition) is 1.